The average Bonchev–Trinajstić information content (AvgIpc) is 2.47. The molecule has 2 aromatic carbocycles. The van der Waals surface area contributed by atoms with Gasteiger partial charge in [0.25, 0.3) is 5.69 Å². The zero-order chi connectivity index (χ0) is 16.3. The lowest BCUT2D eigenvalue weighted by atomic mass is 10.2. The van der Waals surface area contributed by atoms with E-state index in [4.69, 9.17) is 0 Å². The summed E-state index contributed by atoms with van der Waals surface area (Å²) in [5, 5.41) is 35.5. The second kappa shape index (κ2) is 5.83. The summed E-state index contributed by atoms with van der Waals surface area (Å²) in [6, 6.07) is 9.42. The number of nitrogens with zero attached hydrogens (tertiary/aromatic N) is 3. The lowest BCUT2D eigenvalue weighted by molar-refractivity contribution is -0.401. The summed E-state index contributed by atoms with van der Waals surface area (Å²) in [5.41, 5.74) is -2.25. The summed E-state index contributed by atoms with van der Waals surface area (Å²) < 4.78 is 0. The minimum Gasteiger partial charge on any atom is -0.344 e. The van der Waals surface area contributed by atoms with Crippen molar-refractivity contribution in [2.75, 3.05) is 5.32 Å². The Morgan fingerprint density at radius 2 is 1.27 bits per heavy atom. The number of non-ortho nitro benzene ring substituents is 1. The Hall–Kier alpha value is -3.56. The molecule has 0 saturated heterocycles. The second-order valence-corrected chi connectivity index (χ2v) is 4.12. The molecule has 1 N–H and O–H groups in total. The minimum absolute atomic E-state index is 0.377. The van der Waals surface area contributed by atoms with Gasteiger partial charge in [0, 0.05) is 5.69 Å². The molecule has 22 heavy (non-hydrogen) atoms. The Kier molecular flexibility index (Phi) is 3.93. The van der Waals surface area contributed by atoms with Gasteiger partial charge in [-0.25, -0.2) is 0 Å². The maximum Gasteiger partial charge on any atom is 0.306 e. The molecule has 0 aliphatic carbocycles. The third kappa shape index (κ3) is 2.95. The minimum atomic E-state index is -0.924. The molecule has 0 atom stereocenters. The lowest BCUT2D eigenvalue weighted by Gasteiger charge is -2.07. The first-order valence-corrected chi connectivity index (χ1v) is 5.83. The van der Waals surface area contributed by atoms with E-state index < -0.39 is 37.5 Å². The molecule has 0 aliphatic rings. The maximum atomic E-state index is 11.1. The molecule has 0 radical (unpaired) electrons. The van der Waals surface area contributed by atoms with E-state index in [0.29, 0.717) is 17.8 Å². The van der Waals surface area contributed by atoms with Crippen LogP contribution in [0.25, 0.3) is 0 Å². The summed E-state index contributed by atoms with van der Waals surface area (Å²) in [7, 11) is 0. The lowest BCUT2D eigenvalue weighted by Crippen LogP contribution is -2.03. The van der Waals surface area contributed by atoms with Crippen LogP contribution in [0, 0.1) is 30.3 Å². The van der Waals surface area contributed by atoms with Gasteiger partial charge in [0.15, 0.2) is 5.69 Å². The zero-order valence-electron chi connectivity index (χ0n) is 10.8. The normalized spacial score (nSPS) is 10.0. The van der Waals surface area contributed by atoms with Gasteiger partial charge in [0.1, 0.15) is 0 Å². The number of benzene rings is 2. The highest BCUT2D eigenvalue weighted by atomic mass is 16.6. The molecule has 2 rings (SSSR count). The van der Waals surface area contributed by atoms with Crippen molar-refractivity contribution in [3.05, 3.63) is 72.8 Å². The van der Waals surface area contributed by atoms with E-state index in [9.17, 15) is 30.3 Å². The van der Waals surface area contributed by atoms with E-state index in [0.717, 1.165) is 0 Å². The van der Waals surface area contributed by atoms with Gasteiger partial charge in [-0.3, -0.25) is 30.3 Å². The number of nitro groups is 3. The van der Waals surface area contributed by atoms with Gasteiger partial charge in [0.2, 0.25) is 0 Å². The summed E-state index contributed by atoms with van der Waals surface area (Å²) in [5.74, 6) is 0. The van der Waals surface area contributed by atoms with Crippen molar-refractivity contribution in [3.63, 3.8) is 0 Å². The molecule has 10 heteroatoms. The number of rotatable bonds is 5. The second-order valence-electron chi connectivity index (χ2n) is 4.12. The SMILES string of the molecule is O=[N+]([O-])c1cc([N+](=O)[O-])c(Nc2ccccc2)c([N+](=O)[O-])c1. The fraction of sp³-hybridized carbons (Fsp3) is 0. The van der Waals surface area contributed by atoms with Crippen molar-refractivity contribution in [2.24, 2.45) is 0 Å². The highest BCUT2D eigenvalue weighted by molar-refractivity contribution is 5.81. The average molecular weight is 304 g/mol. The van der Waals surface area contributed by atoms with Gasteiger partial charge in [-0.2, -0.15) is 0 Å². The summed E-state index contributed by atoms with van der Waals surface area (Å²) in [6.07, 6.45) is 0. The summed E-state index contributed by atoms with van der Waals surface area (Å²) >= 11 is 0. The van der Waals surface area contributed by atoms with Crippen LogP contribution in [0.3, 0.4) is 0 Å². The van der Waals surface area contributed by atoms with Gasteiger partial charge in [-0.05, 0) is 12.1 Å². The molecular weight excluding hydrogens is 296 g/mol. The predicted octanol–water partition coefficient (Wildman–Crippen LogP) is 3.15. The van der Waals surface area contributed by atoms with E-state index in [2.05, 4.69) is 5.32 Å². The molecule has 0 aromatic heterocycles. The van der Waals surface area contributed by atoms with Crippen molar-refractivity contribution >= 4 is 28.4 Å². The van der Waals surface area contributed by atoms with Crippen LogP contribution in [0.1, 0.15) is 0 Å². The van der Waals surface area contributed by atoms with E-state index in [1.807, 2.05) is 0 Å². The van der Waals surface area contributed by atoms with Crippen LogP contribution in [0.4, 0.5) is 28.4 Å². The standard InChI is InChI=1S/C12H8N4O6/c17-14(18)9-6-10(15(19)20)12(11(7-9)16(21)22)13-8-4-2-1-3-5-8/h1-7,13H. The topological polar surface area (TPSA) is 141 Å². The molecule has 0 aliphatic heterocycles. The Morgan fingerprint density at radius 3 is 1.68 bits per heavy atom. The summed E-state index contributed by atoms with van der Waals surface area (Å²) in [6.45, 7) is 0. The molecule has 0 saturated carbocycles. The van der Waals surface area contributed by atoms with Gasteiger partial charge in [-0.1, -0.05) is 18.2 Å². The van der Waals surface area contributed by atoms with Gasteiger partial charge in [0.05, 0.1) is 26.9 Å². The van der Waals surface area contributed by atoms with Gasteiger partial charge >= 0.3 is 11.4 Å². The van der Waals surface area contributed by atoms with Crippen LogP contribution in [-0.4, -0.2) is 14.8 Å². The van der Waals surface area contributed by atoms with Crippen LogP contribution in [0.15, 0.2) is 42.5 Å². The molecule has 0 amide bonds. The van der Waals surface area contributed by atoms with Crippen LogP contribution in [0.5, 0.6) is 0 Å². The molecule has 0 heterocycles. The highest BCUT2D eigenvalue weighted by Crippen LogP contribution is 2.39. The fourth-order valence-corrected chi connectivity index (χ4v) is 1.78. The van der Waals surface area contributed by atoms with Crippen LogP contribution >= 0.6 is 0 Å². The third-order valence-corrected chi connectivity index (χ3v) is 2.73. The first kappa shape index (κ1) is 14.8. The highest BCUT2D eigenvalue weighted by Gasteiger charge is 2.30. The van der Waals surface area contributed by atoms with E-state index in [1.165, 1.54) is 0 Å². The van der Waals surface area contributed by atoms with Gasteiger partial charge < -0.3 is 5.32 Å². The molecule has 112 valence electrons. The van der Waals surface area contributed by atoms with E-state index in [1.54, 1.807) is 30.3 Å². The predicted molar refractivity (Wildman–Crippen MR) is 76.1 cm³/mol. The number of nitro benzene ring substituents is 3. The maximum absolute atomic E-state index is 11.1. The first-order chi connectivity index (χ1) is 10.4. The fourth-order valence-electron chi connectivity index (χ4n) is 1.78. The summed E-state index contributed by atoms with van der Waals surface area (Å²) in [4.78, 5) is 30.2. The third-order valence-electron chi connectivity index (χ3n) is 2.73. The van der Waals surface area contributed by atoms with Gasteiger partial charge in [-0.15, -0.1) is 0 Å². The first-order valence-electron chi connectivity index (χ1n) is 5.83. The van der Waals surface area contributed by atoms with E-state index >= 15 is 0 Å². The monoisotopic (exact) mass is 304 g/mol. The molecule has 2 aromatic rings. The number of anilines is 2. The van der Waals surface area contributed by atoms with Crippen molar-refractivity contribution in [1.82, 2.24) is 0 Å². The number of hydrogen-bond donors (Lipinski definition) is 1. The quantitative estimate of drug-likeness (QED) is 0.660. The Balaban J connectivity index is 2.66. The van der Waals surface area contributed by atoms with Crippen LogP contribution in [-0.2, 0) is 0 Å². The van der Waals surface area contributed by atoms with Crippen molar-refractivity contribution < 1.29 is 14.8 Å². The van der Waals surface area contributed by atoms with Crippen molar-refractivity contribution in [2.45, 2.75) is 0 Å². The van der Waals surface area contributed by atoms with Crippen molar-refractivity contribution in [3.8, 4) is 0 Å². The smallest absolute Gasteiger partial charge is 0.306 e. The van der Waals surface area contributed by atoms with Crippen LogP contribution in [0.2, 0.25) is 0 Å². The Labute approximate surface area is 122 Å². The zero-order valence-corrected chi connectivity index (χ0v) is 10.8. The molecule has 0 bridgehead atoms. The van der Waals surface area contributed by atoms with Crippen LogP contribution < -0.4 is 5.32 Å². The molecule has 0 spiro atoms. The number of nitrogens with one attached hydrogen (secondary N) is 1. The van der Waals surface area contributed by atoms with Crippen molar-refractivity contribution in [1.29, 1.82) is 0 Å². The Bertz CT molecular complexity index is 726. The Morgan fingerprint density at radius 1 is 0.773 bits per heavy atom. The molecular formula is C12H8N4O6. The number of hydrogen-bond acceptors (Lipinski definition) is 7. The number of para-hydroxylation sites is 1. The molecule has 0 unspecified atom stereocenters. The largest absolute Gasteiger partial charge is 0.344 e. The van der Waals surface area contributed by atoms with E-state index in [-0.39, 0.29) is 0 Å². The molecule has 10 nitrogen and oxygen atoms in total. The molecule has 0 fully saturated rings.